The van der Waals surface area contributed by atoms with Crippen LogP contribution in [0.1, 0.15) is 74.1 Å². The molecule has 0 spiro atoms. The normalized spacial score (nSPS) is 12.9. The molecule has 21 heavy (non-hydrogen) atoms. The zero-order chi connectivity index (χ0) is 16.3. The van der Waals surface area contributed by atoms with Crippen molar-refractivity contribution in [3.8, 4) is 0 Å². The van der Waals surface area contributed by atoms with E-state index in [1.54, 1.807) is 0 Å². The summed E-state index contributed by atoms with van der Waals surface area (Å²) in [7, 11) is 0. The van der Waals surface area contributed by atoms with Gasteiger partial charge in [0.2, 0.25) is 0 Å². The lowest BCUT2D eigenvalue weighted by Gasteiger charge is -2.30. The average Bonchev–Trinajstić information content (AvgIpc) is 2.33. The summed E-state index contributed by atoms with van der Waals surface area (Å²) in [5.74, 6) is 0. The summed E-state index contributed by atoms with van der Waals surface area (Å²) < 4.78 is 5.77. The molecule has 0 radical (unpaired) electrons. The molecule has 0 unspecified atom stereocenters. The first kappa shape index (κ1) is 20.9. The summed E-state index contributed by atoms with van der Waals surface area (Å²) in [5.41, 5.74) is 0.252. The molecular formula is C18H40N2O. The van der Waals surface area contributed by atoms with Crippen LogP contribution in [0.4, 0.5) is 0 Å². The van der Waals surface area contributed by atoms with Crippen LogP contribution in [-0.2, 0) is 4.74 Å². The van der Waals surface area contributed by atoms with Gasteiger partial charge in [-0.1, -0.05) is 12.8 Å². The number of hydrogen-bond donors (Lipinski definition) is 1. The molecule has 0 saturated carbocycles. The zero-order valence-electron chi connectivity index (χ0n) is 15.7. The van der Waals surface area contributed by atoms with Crippen molar-refractivity contribution in [3.63, 3.8) is 0 Å². The van der Waals surface area contributed by atoms with Crippen molar-refractivity contribution in [1.82, 2.24) is 10.2 Å². The molecule has 0 heterocycles. The fourth-order valence-corrected chi connectivity index (χ4v) is 2.53. The Hall–Kier alpha value is -0.120. The van der Waals surface area contributed by atoms with E-state index in [4.69, 9.17) is 4.74 Å². The van der Waals surface area contributed by atoms with Crippen molar-refractivity contribution >= 4 is 0 Å². The van der Waals surface area contributed by atoms with E-state index in [0.717, 1.165) is 26.3 Å². The standard InChI is InChI=1S/C18H40N2O/c1-16(2)20(17(3)4)13-15-21-14-11-9-8-10-12-19-18(5,6)7/h16-17,19H,8-15H2,1-7H3. The number of nitrogens with one attached hydrogen (secondary N) is 1. The van der Waals surface area contributed by atoms with Gasteiger partial charge in [-0.2, -0.15) is 0 Å². The summed E-state index contributed by atoms with van der Waals surface area (Å²) >= 11 is 0. The van der Waals surface area contributed by atoms with Gasteiger partial charge in [-0.3, -0.25) is 4.90 Å². The van der Waals surface area contributed by atoms with Gasteiger partial charge >= 0.3 is 0 Å². The van der Waals surface area contributed by atoms with Crippen molar-refractivity contribution in [1.29, 1.82) is 0 Å². The van der Waals surface area contributed by atoms with Crippen LogP contribution in [-0.4, -0.2) is 48.8 Å². The van der Waals surface area contributed by atoms with E-state index < -0.39 is 0 Å². The minimum absolute atomic E-state index is 0.252. The third-order valence-corrected chi connectivity index (χ3v) is 3.69. The molecule has 128 valence electrons. The largest absolute Gasteiger partial charge is 0.380 e. The van der Waals surface area contributed by atoms with Crippen molar-refractivity contribution in [2.45, 2.75) is 91.8 Å². The molecule has 3 heteroatoms. The first-order valence-corrected chi connectivity index (χ1v) is 8.82. The molecule has 0 aromatic rings. The highest BCUT2D eigenvalue weighted by Crippen LogP contribution is 2.05. The smallest absolute Gasteiger partial charge is 0.0593 e. The predicted octanol–water partition coefficient (Wildman–Crippen LogP) is 4.07. The average molecular weight is 301 g/mol. The molecule has 0 aliphatic rings. The SMILES string of the molecule is CC(C)N(CCOCCCCCCNC(C)(C)C)C(C)C. The Bertz CT molecular complexity index is 226. The number of unbranched alkanes of at least 4 members (excludes halogenated alkanes) is 3. The molecule has 0 aliphatic heterocycles. The van der Waals surface area contributed by atoms with Gasteiger partial charge in [0, 0.05) is 30.8 Å². The molecule has 0 amide bonds. The molecule has 0 saturated heterocycles. The Morgan fingerprint density at radius 1 is 0.857 bits per heavy atom. The second-order valence-electron chi connectivity index (χ2n) is 7.63. The molecule has 0 atom stereocenters. The molecule has 0 aromatic carbocycles. The summed E-state index contributed by atoms with van der Waals surface area (Å²) in [5, 5.41) is 3.53. The van der Waals surface area contributed by atoms with E-state index in [1.807, 2.05) is 0 Å². The maximum atomic E-state index is 5.77. The fourth-order valence-electron chi connectivity index (χ4n) is 2.53. The van der Waals surface area contributed by atoms with Crippen LogP contribution in [0.15, 0.2) is 0 Å². The maximum Gasteiger partial charge on any atom is 0.0593 e. The molecule has 0 fully saturated rings. The summed E-state index contributed by atoms with van der Waals surface area (Å²) in [6, 6.07) is 1.20. The Morgan fingerprint density at radius 3 is 1.95 bits per heavy atom. The second kappa shape index (κ2) is 11.4. The van der Waals surface area contributed by atoms with Gasteiger partial charge in [-0.05, 0) is 67.9 Å². The summed E-state index contributed by atoms with van der Waals surface area (Å²) in [6.45, 7) is 19.6. The van der Waals surface area contributed by atoms with E-state index >= 15 is 0 Å². The third-order valence-electron chi connectivity index (χ3n) is 3.69. The number of hydrogen-bond acceptors (Lipinski definition) is 3. The highest BCUT2D eigenvalue weighted by Gasteiger charge is 2.12. The highest BCUT2D eigenvalue weighted by atomic mass is 16.5. The van der Waals surface area contributed by atoms with Crippen LogP contribution in [0.5, 0.6) is 0 Å². The van der Waals surface area contributed by atoms with Crippen molar-refractivity contribution in [3.05, 3.63) is 0 Å². The van der Waals surface area contributed by atoms with Crippen LogP contribution >= 0.6 is 0 Å². The molecule has 0 aliphatic carbocycles. The van der Waals surface area contributed by atoms with Gasteiger partial charge in [-0.15, -0.1) is 0 Å². The van der Waals surface area contributed by atoms with E-state index in [2.05, 4.69) is 58.7 Å². The lowest BCUT2D eigenvalue weighted by Crippen LogP contribution is -2.39. The molecule has 3 nitrogen and oxygen atoms in total. The topological polar surface area (TPSA) is 24.5 Å². The number of ether oxygens (including phenoxy) is 1. The Labute approximate surface area is 133 Å². The molecule has 0 bridgehead atoms. The maximum absolute atomic E-state index is 5.77. The molecular weight excluding hydrogens is 260 g/mol. The van der Waals surface area contributed by atoms with Crippen molar-refractivity contribution in [2.24, 2.45) is 0 Å². The number of rotatable bonds is 12. The Morgan fingerprint density at radius 2 is 1.43 bits per heavy atom. The van der Waals surface area contributed by atoms with Crippen molar-refractivity contribution < 1.29 is 4.74 Å². The lowest BCUT2D eigenvalue weighted by molar-refractivity contribution is 0.0764. The fraction of sp³-hybridized carbons (Fsp3) is 1.00. The first-order chi connectivity index (χ1) is 9.74. The molecule has 1 N–H and O–H groups in total. The summed E-state index contributed by atoms with van der Waals surface area (Å²) in [4.78, 5) is 2.48. The van der Waals surface area contributed by atoms with Crippen LogP contribution in [0, 0.1) is 0 Å². The Kier molecular flexibility index (Phi) is 11.4. The van der Waals surface area contributed by atoms with Crippen LogP contribution in [0.3, 0.4) is 0 Å². The van der Waals surface area contributed by atoms with Gasteiger partial charge in [0.05, 0.1) is 6.61 Å². The summed E-state index contributed by atoms with van der Waals surface area (Å²) in [6.07, 6.45) is 5.05. The third kappa shape index (κ3) is 13.3. The quantitative estimate of drug-likeness (QED) is 0.550. The van der Waals surface area contributed by atoms with Crippen LogP contribution in [0.2, 0.25) is 0 Å². The van der Waals surface area contributed by atoms with Crippen LogP contribution in [0.25, 0.3) is 0 Å². The first-order valence-electron chi connectivity index (χ1n) is 8.82. The van der Waals surface area contributed by atoms with Gasteiger partial charge in [-0.25, -0.2) is 0 Å². The highest BCUT2D eigenvalue weighted by molar-refractivity contribution is 4.69. The van der Waals surface area contributed by atoms with Gasteiger partial charge in [0.15, 0.2) is 0 Å². The second-order valence-corrected chi connectivity index (χ2v) is 7.63. The van der Waals surface area contributed by atoms with E-state index in [0.29, 0.717) is 12.1 Å². The minimum Gasteiger partial charge on any atom is -0.380 e. The van der Waals surface area contributed by atoms with E-state index in [9.17, 15) is 0 Å². The van der Waals surface area contributed by atoms with Crippen LogP contribution < -0.4 is 5.32 Å². The molecule has 0 aromatic heterocycles. The lowest BCUT2D eigenvalue weighted by atomic mass is 10.1. The van der Waals surface area contributed by atoms with Gasteiger partial charge in [0.25, 0.3) is 0 Å². The number of nitrogens with zero attached hydrogens (tertiary/aromatic N) is 1. The minimum atomic E-state index is 0.252. The predicted molar refractivity (Wildman–Crippen MR) is 94.0 cm³/mol. The van der Waals surface area contributed by atoms with Gasteiger partial charge < -0.3 is 10.1 Å². The van der Waals surface area contributed by atoms with Gasteiger partial charge in [0.1, 0.15) is 0 Å². The van der Waals surface area contributed by atoms with E-state index in [-0.39, 0.29) is 5.54 Å². The molecule has 0 rings (SSSR count). The monoisotopic (exact) mass is 300 g/mol. The zero-order valence-corrected chi connectivity index (χ0v) is 15.7. The van der Waals surface area contributed by atoms with E-state index in [1.165, 1.54) is 25.7 Å². The Balaban J connectivity index is 3.37. The van der Waals surface area contributed by atoms with Crippen molar-refractivity contribution in [2.75, 3.05) is 26.3 Å².